The molecule has 0 atom stereocenters. The van der Waals surface area contributed by atoms with Gasteiger partial charge in [-0.25, -0.2) is 4.79 Å². The van der Waals surface area contributed by atoms with E-state index in [0.717, 1.165) is 0 Å². The van der Waals surface area contributed by atoms with Crippen LogP contribution in [0.25, 0.3) is 0 Å². The van der Waals surface area contributed by atoms with Gasteiger partial charge in [0.05, 0.1) is 10.7 Å². The van der Waals surface area contributed by atoms with E-state index in [1.165, 1.54) is 12.1 Å². The van der Waals surface area contributed by atoms with E-state index in [-0.39, 0.29) is 16.5 Å². The molecular weight excluding hydrogens is 279 g/mol. The lowest BCUT2D eigenvalue weighted by Gasteiger charge is -2.08. The van der Waals surface area contributed by atoms with E-state index in [0.29, 0.717) is 10.7 Å². The molecule has 0 aliphatic carbocycles. The molecule has 94 valence electrons. The molecular formula is C11H8Cl2N2O3. The van der Waals surface area contributed by atoms with Crippen LogP contribution in [0.15, 0.2) is 27.8 Å². The fourth-order valence-corrected chi connectivity index (χ4v) is 1.83. The molecule has 0 amide bonds. The predicted molar refractivity (Wildman–Crippen MR) is 69.0 cm³/mol. The minimum absolute atomic E-state index is 0.0150. The molecule has 0 saturated heterocycles. The number of benzene rings is 1. The van der Waals surface area contributed by atoms with Crippen molar-refractivity contribution in [2.24, 2.45) is 0 Å². The Hall–Kier alpha value is -1.72. The molecule has 0 spiro atoms. The Balaban J connectivity index is 2.46. The van der Waals surface area contributed by atoms with E-state index in [1.807, 2.05) is 0 Å². The highest BCUT2D eigenvalue weighted by molar-refractivity contribution is 6.35. The van der Waals surface area contributed by atoms with Crippen LogP contribution in [0.3, 0.4) is 0 Å². The zero-order valence-electron chi connectivity index (χ0n) is 9.21. The minimum Gasteiger partial charge on any atom is -0.448 e. The van der Waals surface area contributed by atoms with Crippen molar-refractivity contribution in [3.05, 3.63) is 54.8 Å². The molecule has 0 saturated carbocycles. The third-order valence-corrected chi connectivity index (χ3v) is 2.71. The summed E-state index contributed by atoms with van der Waals surface area (Å²) in [7, 11) is 0. The highest BCUT2D eigenvalue weighted by atomic mass is 35.5. The van der Waals surface area contributed by atoms with E-state index in [2.05, 4.69) is 9.97 Å². The SMILES string of the molecule is Cc1[nH]c(=O)[nH]c(=O)c1Oc1ccc(Cl)cc1Cl. The minimum atomic E-state index is -0.623. The topological polar surface area (TPSA) is 75.0 Å². The average molecular weight is 287 g/mol. The van der Waals surface area contributed by atoms with Gasteiger partial charge in [0.15, 0.2) is 0 Å². The summed E-state index contributed by atoms with van der Waals surface area (Å²) in [6.45, 7) is 1.55. The van der Waals surface area contributed by atoms with Gasteiger partial charge in [-0.2, -0.15) is 0 Å². The van der Waals surface area contributed by atoms with Gasteiger partial charge < -0.3 is 9.72 Å². The fraction of sp³-hybridized carbons (Fsp3) is 0.0909. The zero-order valence-corrected chi connectivity index (χ0v) is 10.7. The molecule has 0 radical (unpaired) electrons. The molecule has 0 fully saturated rings. The van der Waals surface area contributed by atoms with Crippen molar-refractivity contribution in [2.45, 2.75) is 6.92 Å². The summed E-state index contributed by atoms with van der Waals surface area (Å²) in [5.41, 5.74) is -0.899. The van der Waals surface area contributed by atoms with Gasteiger partial charge in [-0.05, 0) is 25.1 Å². The number of hydrogen-bond donors (Lipinski definition) is 2. The summed E-state index contributed by atoms with van der Waals surface area (Å²) in [6.07, 6.45) is 0. The van der Waals surface area contributed by atoms with Crippen molar-refractivity contribution < 1.29 is 4.74 Å². The largest absolute Gasteiger partial charge is 0.448 e. The quantitative estimate of drug-likeness (QED) is 0.891. The van der Waals surface area contributed by atoms with Gasteiger partial charge in [0, 0.05) is 5.02 Å². The van der Waals surface area contributed by atoms with Crippen molar-refractivity contribution in [2.75, 3.05) is 0 Å². The molecule has 1 aromatic carbocycles. The van der Waals surface area contributed by atoms with Gasteiger partial charge in [0.1, 0.15) is 5.75 Å². The third-order valence-electron chi connectivity index (χ3n) is 2.18. The van der Waals surface area contributed by atoms with Gasteiger partial charge >= 0.3 is 5.69 Å². The van der Waals surface area contributed by atoms with E-state index in [9.17, 15) is 9.59 Å². The van der Waals surface area contributed by atoms with Crippen LogP contribution in [0.4, 0.5) is 0 Å². The summed E-state index contributed by atoms with van der Waals surface area (Å²) < 4.78 is 5.38. The van der Waals surface area contributed by atoms with Gasteiger partial charge in [0.25, 0.3) is 5.56 Å². The maximum Gasteiger partial charge on any atom is 0.326 e. The van der Waals surface area contributed by atoms with Crippen LogP contribution in [0, 0.1) is 6.92 Å². The molecule has 1 aromatic heterocycles. The Morgan fingerprint density at radius 1 is 1.17 bits per heavy atom. The summed E-state index contributed by atoms with van der Waals surface area (Å²) in [5, 5.41) is 0.729. The molecule has 18 heavy (non-hydrogen) atoms. The molecule has 7 heteroatoms. The molecule has 1 heterocycles. The van der Waals surface area contributed by atoms with Gasteiger partial charge in [-0.1, -0.05) is 23.2 Å². The Labute approximate surface area is 111 Å². The molecule has 2 aromatic rings. The smallest absolute Gasteiger partial charge is 0.326 e. The second kappa shape index (κ2) is 4.88. The maximum atomic E-state index is 11.6. The van der Waals surface area contributed by atoms with Crippen LogP contribution >= 0.6 is 23.2 Å². The zero-order chi connectivity index (χ0) is 13.3. The lowest BCUT2D eigenvalue weighted by molar-refractivity contribution is 0.466. The fourth-order valence-electron chi connectivity index (χ4n) is 1.38. The number of aryl methyl sites for hydroxylation is 1. The first kappa shape index (κ1) is 12.7. The van der Waals surface area contributed by atoms with E-state index >= 15 is 0 Å². The number of halogens is 2. The van der Waals surface area contributed by atoms with E-state index in [1.54, 1.807) is 13.0 Å². The van der Waals surface area contributed by atoms with Crippen LogP contribution < -0.4 is 16.0 Å². The van der Waals surface area contributed by atoms with Crippen LogP contribution in [0.5, 0.6) is 11.5 Å². The lowest BCUT2D eigenvalue weighted by atomic mass is 10.3. The Bertz CT molecular complexity index is 706. The normalized spacial score (nSPS) is 10.4. The molecule has 0 unspecified atom stereocenters. The Morgan fingerprint density at radius 2 is 1.89 bits per heavy atom. The highest BCUT2D eigenvalue weighted by Crippen LogP contribution is 2.30. The van der Waals surface area contributed by atoms with Crippen LogP contribution in [0.1, 0.15) is 5.69 Å². The molecule has 0 bridgehead atoms. The van der Waals surface area contributed by atoms with Gasteiger partial charge in [-0.3, -0.25) is 9.78 Å². The number of aromatic nitrogens is 2. The molecule has 0 aliphatic heterocycles. The highest BCUT2D eigenvalue weighted by Gasteiger charge is 2.10. The van der Waals surface area contributed by atoms with E-state index in [4.69, 9.17) is 27.9 Å². The van der Waals surface area contributed by atoms with Crippen molar-refractivity contribution >= 4 is 23.2 Å². The van der Waals surface area contributed by atoms with Gasteiger partial charge in [-0.15, -0.1) is 0 Å². The second-order valence-corrected chi connectivity index (χ2v) is 4.38. The number of hydrogen-bond acceptors (Lipinski definition) is 3. The second-order valence-electron chi connectivity index (χ2n) is 3.54. The molecule has 0 aliphatic rings. The summed E-state index contributed by atoms with van der Waals surface area (Å²) in [4.78, 5) is 27.1. The standard InChI is InChI=1S/C11H8Cl2N2O3/c1-5-9(10(16)15-11(17)14-5)18-8-3-2-6(12)4-7(8)13/h2-4H,1H3,(H2,14,15,16,17). The van der Waals surface area contributed by atoms with Gasteiger partial charge in [0.2, 0.25) is 5.75 Å². The lowest BCUT2D eigenvalue weighted by Crippen LogP contribution is -2.24. The number of nitrogens with one attached hydrogen (secondary N) is 2. The van der Waals surface area contributed by atoms with E-state index < -0.39 is 11.2 Å². The Morgan fingerprint density at radius 3 is 2.50 bits per heavy atom. The van der Waals surface area contributed by atoms with Crippen LogP contribution in [-0.2, 0) is 0 Å². The van der Waals surface area contributed by atoms with Crippen LogP contribution in [-0.4, -0.2) is 9.97 Å². The number of ether oxygens (including phenoxy) is 1. The monoisotopic (exact) mass is 286 g/mol. The van der Waals surface area contributed by atoms with Crippen molar-refractivity contribution in [1.82, 2.24) is 9.97 Å². The van der Waals surface area contributed by atoms with Crippen molar-refractivity contribution in [1.29, 1.82) is 0 Å². The number of H-pyrrole nitrogens is 2. The first-order valence-corrected chi connectivity index (χ1v) is 5.69. The maximum absolute atomic E-state index is 11.6. The third kappa shape index (κ3) is 2.57. The Kier molecular flexibility index (Phi) is 3.45. The number of aromatic amines is 2. The summed E-state index contributed by atoms with van der Waals surface area (Å²) in [6, 6.07) is 4.61. The van der Waals surface area contributed by atoms with Crippen LogP contribution in [0.2, 0.25) is 10.0 Å². The first-order chi connectivity index (χ1) is 8.47. The number of rotatable bonds is 2. The summed E-state index contributed by atoms with van der Waals surface area (Å²) >= 11 is 11.7. The molecule has 2 rings (SSSR count). The molecule has 5 nitrogen and oxygen atoms in total. The average Bonchev–Trinajstić information content (AvgIpc) is 2.25. The van der Waals surface area contributed by atoms with Crippen molar-refractivity contribution in [3.63, 3.8) is 0 Å². The first-order valence-electron chi connectivity index (χ1n) is 4.93. The summed E-state index contributed by atoms with van der Waals surface area (Å²) in [5.74, 6) is 0.264. The van der Waals surface area contributed by atoms with Crippen molar-refractivity contribution in [3.8, 4) is 11.5 Å². The predicted octanol–water partition coefficient (Wildman–Crippen LogP) is 2.47. The molecule has 2 N–H and O–H groups in total.